The first-order valence-electron chi connectivity index (χ1n) is 11.2. The van der Waals surface area contributed by atoms with Crippen LogP contribution in [0.2, 0.25) is 5.15 Å². The van der Waals surface area contributed by atoms with E-state index in [0.717, 1.165) is 16.7 Å². The maximum atomic E-state index is 12.3. The lowest BCUT2D eigenvalue weighted by Gasteiger charge is -2.37. The molecule has 0 spiro atoms. The van der Waals surface area contributed by atoms with Gasteiger partial charge >= 0.3 is 5.69 Å². The van der Waals surface area contributed by atoms with Crippen LogP contribution in [0.25, 0.3) is 0 Å². The molecule has 0 unspecified atom stereocenters. The number of halogens is 1. The van der Waals surface area contributed by atoms with Crippen LogP contribution in [0, 0.1) is 23.1 Å². The fourth-order valence-corrected chi connectivity index (χ4v) is 4.75. The van der Waals surface area contributed by atoms with E-state index < -0.39 is 10.5 Å². The standard InChI is InChI=1S/C28H21ClN5O2/c1-20-26(34(35)36)27(31-24-17-18-30-25(29)19-24)32-33(20)28(21-11-5-2-6-12-21,22-13-7-3-8-14-22)23-15-9-4-10-16-23/h2-16,18-19H,1H3,(H,30,31,32). The van der Waals surface area contributed by atoms with Gasteiger partial charge in [-0.25, -0.2) is 9.67 Å². The number of benzene rings is 3. The van der Waals surface area contributed by atoms with Crippen molar-refractivity contribution in [3.8, 4) is 0 Å². The molecule has 7 nitrogen and oxygen atoms in total. The Hall–Kier alpha value is -4.49. The van der Waals surface area contributed by atoms with Gasteiger partial charge in [-0.05, 0) is 29.7 Å². The van der Waals surface area contributed by atoms with Crippen LogP contribution in [0.15, 0.2) is 103 Å². The van der Waals surface area contributed by atoms with E-state index in [0.29, 0.717) is 11.4 Å². The number of aromatic nitrogens is 3. The van der Waals surface area contributed by atoms with Crippen LogP contribution in [0.1, 0.15) is 22.4 Å². The number of pyridine rings is 1. The van der Waals surface area contributed by atoms with Gasteiger partial charge in [0.1, 0.15) is 16.4 Å². The van der Waals surface area contributed by atoms with Gasteiger partial charge in [-0.15, -0.1) is 5.10 Å². The number of hydrogen-bond acceptors (Lipinski definition) is 5. The number of nitro groups is 1. The summed E-state index contributed by atoms with van der Waals surface area (Å²) in [7, 11) is 0. The largest absolute Gasteiger partial charge is 0.334 e. The van der Waals surface area contributed by atoms with E-state index in [1.807, 2.05) is 91.0 Å². The smallest absolute Gasteiger partial charge is 0.332 e. The predicted molar refractivity (Wildman–Crippen MR) is 140 cm³/mol. The summed E-state index contributed by atoms with van der Waals surface area (Å²) >= 11 is 6.03. The summed E-state index contributed by atoms with van der Waals surface area (Å²) in [4.78, 5) is 15.8. The fraction of sp³-hybridized carbons (Fsp3) is 0.0714. The van der Waals surface area contributed by atoms with Crippen molar-refractivity contribution >= 4 is 28.8 Å². The zero-order valence-corrected chi connectivity index (χ0v) is 20.1. The number of rotatable bonds is 7. The van der Waals surface area contributed by atoms with Crippen molar-refractivity contribution in [2.75, 3.05) is 5.32 Å². The number of anilines is 2. The molecule has 0 bridgehead atoms. The number of hydrogen-bond donors (Lipinski definition) is 1. The third-order valence-electron chi connectivity index (χ3n) is 6.08. The molecule has 2 heterocycles. The summed E-state index contributed by atoms with van der Waals surface area (Å²) in [5.41, 5.74) is 2.42. The Kier molecular flexibility index (Phi) is 6.23. The first-order valence-corrected chi connectivity index (χ1v) is 11.6. The molecule has 0 aliphatic heterocycles. The Morgan fingerprint density at radius 2 is 1.42 bits per heavy atom. The van der Waals surface area contributed by atoms with Gasteiger partial charge in [0.05, 0.1) is 10.6 Å². The van der Waals surface area contributed by atoms with Crippen LogP contribution in [0.3, 0.4) is 0 Å². The normalized spacial score (nSPS) is 11.3. The Morgan fingerprint density at radius 1 is 0.917 bits per heavy atom. The van der Waals surface area contributed by atoms with Crippen molar-refractivity contribution in [3.63, 3.8) is 0 Å². The van der Waals surface area contributed by atoms with Crippen molar-refractivity contribution in [1.29, 1.82) is 0 Å². The second kappa shape index (κ2) is 9.64. The second-order valence-electron chi connectivity index (χ2n) is 8.17. The van der Waals surface area contributed by atoms with Crippen LogP contribution in [-0.2, 0) is 5.54 Å². The quantitative estimate of drug-likeness (QED) is 0.120. The molecular formula is C28H21ClN5O2. The van der Waals surface area contributed by atoms with Gasteiger partial charge in [0.2, 0.25) is 5.82 Å². The van der Waals surface area contributed by atoms with Crippen molar-refractivity contribution < 1.29 is 4.92 Å². The number of nitrogens with one attached hydrogen (secondary N) is 1. The Balaban J connectivity index is 1.85. The molecule has 1 radical (unpaired) electrons. The van der Waals surface area contributed by atoms with Gasteiger partial charge < -0.3 is 5.32 Å². The third kappa shape index (κ3) is 3.99. The monoisotopic (exact) mass is 494 g/mol. The minimum atomic E-state index is -0.988. The fourth-order valence-electron chi connectivity index (χ4n) is 4.59. The van der Waals surface area contributed by atoms with Crippen LogP contribution < -0.4 is 5.32 Å². The van der Waals surface area contributed by atoms with E-state index in [-0.39, 0.29) is 16.7 Å². The molecule has 3 aromatic carbocycles. The molecule has 36 heavy (non-hydrogen) atoms. The molecule has 2 aromatic heterocycles. The van der Waals surface area contributed by atoms with Crippen molar-refractivity contribution in [1.82, 2.24) is 14.8 Å². The van der Waals surface area contributed by atoms with Gasteiger partial charge in [0.25, 0.3) is 0 Å². The molecule has 8 heteroatoms. The van der Waals surface area contributed by atoms with E-state index in [1.54, 1.807) is 17.7 Å². The molecule has 5 aromatic rings. The first kappa shape index (κ1) is 23.3. The summed E-state index contributed by atoms with van der Waals surface area (Å²) in [5, 5.41) is 20.4. The lowest BCUT2D eigenvalue weighted by molar-refractivity contribution is -0.384. The maximum absolute atomic E-state index is 12.3. The van der Waals surface area contributed by atoms with Crippen LogP contribution in [0.5, 0.6) is 0 Å². The molecule has 0 saturated carbocycles. The Bertz CT molecular complexity index is 1410. The molecule has 1 N–H and O–H groups in total. The molecule has 177 valence electrons. The molecule has 0 atom stereocenters. The lowest BCUT2D eigenvalue weighted by atomic mass is 9.77. The van der Waals surface area contributed by atoms with E-state index >= 15 is 0 Å². The highest BCUT2D eigenvalue weighted by molar-refractivity contribution is 6.29. The summed E-state index contributed by atoms with van der Waals surface area (Å²) in [6.45, 7) is 1.71. The zero-order chi connectivity index (χ0) is 25.1. The Morgan fingerprint density at radius 3 is 1.86 bits per heavy atom. The van der Waals surface area contributed by atoms with Gasteiger partial charge in [-0.3, -0.25) is 10.1 Å². The average molecular weight is 495 g/mol. The summed E-state index contributed by atoms with van der Waals surface area (Å²) in [5.74, 6) is 0.0863. The van der Waals surface area contributed by atoms with E-state index in [4.69, 9.17) is 16.7 Å². The lowest BCUT2D eigenvalue weighted by Crippen LogP contribution is -2.39. The van der Waals surface area contributed by atoms with Gasteiger partial charge in [0.15, 0.2) is 0 Å². The van der Waals surface area contributed by atoms with E-state index in [9.17, 15) is 10.1 Å². The minimum Gasteiger partial charge on any atom is -0.332 e. The topological polar surface area (TPSA) is 85.9 Å². The molecule has 0 amide bonds. The summed E-state index contributed by atoms with van der Waals surface area (Å²) < 4.78 is 1.73. The third-order valence-corrected chi connectivity index (χ3v) is 6.29. The molecule has 0 aliphatic rings. The molecule has 0 saturated heterocycles. The number of nitrogens with zero attached hydrogens (tertiary/aromatic N) is 4. The van der Waals surface area contributed by atoms with Gasteiger partial charge in [-0.2, -0.15) is 0 Å². The average Bonchev–Trinajstić information content (AvgIpc) is 3.22. The predicted octanol–water partition coefficient (Wildman–Crippen LogP) is 6.53. The van der Waals surface area contributed by atoms with Crippen LogP contribution in [0.4, 0.5) is 17.2 Å². The zero-order valence-electron chi connectivity index (χ0n) is 19.3. The highest BCUT2D eigenvalue weighted by Crippen LogP contribution is 2.44. The molecule has 0 aliphatic carbocycles. The SMILES string of the molecule is Cc1c([N+](=O)[O-])c(Nc2[c]cnc(Cl)c2)nn1C(c1ccccc1)(c1ccccc1)c1ccccc1. The minimum absolute atomic E-state index is 0.0863. The van der Waals surface area contributed by atoms with Gasteiger partial charge in [-0.1, -0.05) is 103 Å². The van der Waals surface area contributed by atoms with Crippen LogP contribution >= 0.6 is 11.6 Å². The second-order valence-corrected chi connectivity index (χ2v) is 8.56. The Labute approximate surface area is 213 Å². The highest BCUT2D eigenvalue weighted by atomic mass is 35.5. The molecule has 0 fully saturated rings. The van der Waals surface area contributed by atoms with Gasteiger partial charge in [0, 0.05) is 12.3 Å². The van der Waals surface area contributed by atoms with Crippen LogP contribution in [-0.4, -0.2) is 19.7 Å². The highest BCUT2D eigenvalue weighted by Gasteiger charge is 2.43. The molecular weight excluding hydrogens is 474 g/mol. The van der Waals surface area contributed by atoms with Crippen molar-refractivity contribution in [2.45, 2.75) is 12.5 Å². The first-order chi connectivity index (χ1) is 17.5. The van der Waals surface area contributed by atoms with E-state index in [2.05, 4.69) is 16.4 Å². The van der Waals surface area contributed by atoms with Crippen molar-refractivity contribution in [2.24, 2.45) is 0 Å². The van der Waals surface area contributed by atoms with E-state index in [1.165, 1.54) is 6.20 Å². The van der Waals surface area contributed by atoms with Crippen molar-refractivity contribution in [3.05, 3.63) is 147 Å². The summed E-state index contributed by atoms with van der Waals surface area (Å²) in [6, 6.07) is 34.1. The maximum Gasteiger partial charge on any atom is 0.334 e. The summed E-state index contributed by atoms with van der Waals surface area (Å²) in [6.07, 6.45) is 1.41. The molecule has 5 rings (SSSR count).